The Morgan fingerprint density at radius 2 is 0.425 bits per heavy atom. The zero-order valence-corrected chi connectivity index (χ0v) is 50.2. The minimum atomic E-state index is -5.39. The predicted molar refractivity (Wildman–Crippen MR) is 310 cm³/mol. The molecule has 7 rings (SSSR count). The average Bonchev–Trinajstić information content (AvgIpc) is 3.20. The molecule has 6 aromatic rings. The first kappa shape index (κ1) is 57.7. The van der Waals surface area contributed by atoms with Gasteiger partial charge in [-0.1, -0.05) is 263 Å². The van der Waals surface area contributed by atoms with Gasteiger partial charge in [-0.05, 0) is 155 Å². The zero-order valence-electron chi connectivity index (χ0n) is 49.3. The third-order valence-electron chi connectivity index (χ3n) is 14.8. The van der Waals surface area contributed by atoms with Crippen LogP contribution < -0.4 is 14.7 Å². The van der Waals surface area contributed by atoms with Gasteiger partial charge in [-0.15, -0.1) is 0 Å². The molecule has 0 N–H and O–H groups in total. The molecule has 0 radical (unpaired) electrons. The lowest BCUT2D eigenvalue weighted by molar-refractivity contribution is -0.432. The Hall–Kier alpha value is -4.57. The van der Waals surface area contributed by atoms with Gasteiger partial charge in [0.1, 0.15) is 0 Å². The van der Waals surface area contributed by atoms with Crippen LogP contribution in [0.3, 0.4) is 0 Å². The first-order valence-electron chi connectivity index (χ1n) is 26.5. The molecule has 5 heteroatoms. The number of benzene rings is 6. The smallest absolute Gasteiger partial charge is 0.000730 e. The summed E-state index contributed by atoms with van der Waals surface area (Å²) in [7, 11) is -5.39. The van der Waals surface area contributed by atoms with E-state index in [1.54, 1.807) is 0 Å². The molecular weight excluding hydrogens is 912 g/mol. The standard InChI is InChI=1S/C68H88.H3O4P/c1-61(2,3)41-29-33-47(51(37-41)65(13,14)15)57-55-45-27-25-26-28-46(45)56(55)58(48-34-30-42(62(4,5)6)38-52(48)66(16,17)18)60(50-36-32-44(64(10,11)12)40-54(50)68(22,23)24)59(57)49-35-31-43(63(7,8)9)39-53(49)67(19,20)21;1-5(2,3)4/h25-40H,1-24H3;(H3,1,2,3,4)/p-3. The third kappa shape index (κ3) is 12.1. The summed E-state index contributed by atoms with van der Waals surface area (Å²) in [6, 6.07) is 39.4. The fraction of sp³-hybridized carbons (Fsp3) is 0.471. The van der Waals surface area contributed by atoms with Gasteiger partial charge in [0, 0.05) is 0 Å². The highest BCUT2D eigenvalue weighted by Crippen LogP contribution is 2.65. The molecular formula is C68H88O4P-3. The number of hydrogen-bond donors (Lipinski definition) is 0. The van der Waals surface area contributed by atoms with E-state index in [9.17, 15) is 0 Å². The van der Waals surface area contributed by atoms with Gasteiger partial charge in [-0.2, -0.15) is 7.82 Å². The van der Waals surface area contributed by atoms with Crippen LogP contribution in [0, 0.1) is 0 Å². The number of phosphoric acid groups is 1. The predicted octanol–water partition coefficient (Wildman–Crippen LogP) is 17.6. The molecule has 4 nitrogen and oxygen atoms in total. The lowest BCUT2D eigenvalue weighted by Gasteiger charge is -2.40. The van der Waals surface area contributed by atoms with Crippen molar-refractivity contribution in [1.82, 2.24) is 0 Å². The van der Waals surface area contributed by atoms with E-state index < -0.39 is 7.82 Å². The van der Waals surface area contributed by atoms with Gasteiger partial charge in [-0.25, -0.2) is 0 Å². The van der Waals surface area contributed by atoms with Crippen molar-refractivity contribution < 1.29 is 19.2 Å². The lowest BCUT2D eigenvalue weighted by atomic mass is 9.63. The van der Waals surface area contributed by atoms with Crippen molar-refractivity contribution >= 4 is 7.82 Å². The number of hydrogen-bond acceptors (Lipinski definition) is 4. The summed E-state index contributed by atoms with van der Waals surface area (Å²) < 4.78 is 8.55. The second-order valence-electron chi connectivity index (χ2n) is 29.3. The molecule has 0 aromatic heterocycles. The highest BCUT2D eigenvalue weighted by molar-refractivity contribution is 7.40. The van der Waals surface area contributed by atoms with Crippen LogP contribution in [0.15, 0.2) is 97.1 Å². The summed E-state index contributed by atoms with van der Waals surface area (Å²) in [5, 5.41) is 0. The summed E-state index contributed by atoms with van der Waals surface area (Å²) >= 11 is 0. The van der Waals surface area contributed by atoms with Crippen molar-refractivity contribution in [2.45, 2.75) is 209 Å². The van der Waals surface area contributed by atoms with Crippen LogP contribution in [-0.2, 0) is 47.9 Å². The van der Waals surface area contributed by atoms with Gasteiger partial charge in [0.2, 0.25) is 0 Å². The second kappa shape index (κ2) is 18.9. The molecule has 0 saturated heterocycles. The first-order valence-corrected chi connectivity index (χ1v) is 28.0. The quantitative estimate of drug-likeness (QED) is 0.164. The van der Waals surface area contributed by atoms with Crippen molar-refractivity contribution in [3.8, 4) is 66.8 Å². The first-order chi connectivity index (χ1) is 32.8. The molecule has 0 fully saturated rings. The van der Waals surface area contributed by atoms with E-state index in [1.165, 1.54) is 111 Å². The maximum Gasteiger partial charge on any atom is -0.000730 e. The molecule has 1 aliphatic rings. The van der Waals surface area contributed by atoms with Gasteiger partial charge in [0.05, 0.1) is 0 Å². The van der Waals surface area contributed by atoms with Crippen molar-refractivity contribution in [2.75, 3.05) is 0 Å². The van der Waals surface area contributed by atoms with Crippen LogP contribution in [0.4, 0.5) is 0 Å². The summed E-state index contributed by atoms with van der Waals surface area (Å²) in [5.41, 5.74) is 26.6. The fourth-order valence-electron chi connectivity index (χ4n) is 10.6. The molecule has 0 aliphatic heterocycles. The minimum absolute atomic E-state index is 0.00475. The minimum Gasteiger partial charge on any atom is -0.822 e. The molecule has 0 unspecified atom stereocenters. The molecule has 0 heterocycles. The summed E-state index contributed by atoms with van der Waals surface area (Å²) in [6.07, 6.45) is 0. The van der Waals surface area contributed by atoms with E-state index in [4.69, 9.17) is 19.2 Å². The Balaban J connectivity index is 0.00000166. The lowest BCUT2D eigenvalue weighted by Crippen LogP contribution is -2.24. The average molecular weight is 1000 g/mol. The summed E-state index contributed by atoms with van der Waals surface area (Å²) in [5.74, 6) is 0. The summed E-state index contributed by atoms with van der Waals surface area (Å²) in [6.45, 7) is 57.4. The highest BCUT2D eigenvalue weighted by Gasteiger charge is 2.41. The molecule has 0 amide bonds. The Kier molecular flexibility index (Phi) is 15.0. The fourth-order valence-corrected chi connectivity index (χ4v) is 10.6. The zero-order chi connectivity index (χ0) is 55.4. The molecule has 0 saturated carbocycles. The van der Waals surface area contributed by atoms with Crippen molar-refractivity contribution in [3.63, 3.8) is 0 Å². The maximum atomic E-state index is 8.55. The largest absolute Gasteiger partial charge is 0.822 e. The van der Waals surface area contributed by atoms with Gasteiger partial charge in [0.25, 0.3) is 0 Å². The van der Waals surface area contributed by atoms with Crippen LogP contribution in [-0.4, -0.2) is 0 Å². The van der Waals surface area contributed by atoms with E-state index in [1.807, 2.05) is 0 Å². The van der Waals surface area contributed by atoms with Crippen molar-refractivity contribution in [1.29, 1.82) is 0 Å². The second-order valence-corrected chi connectivity index (χ2v) is 30.2. The number of rotatable bonds is 4. The van der Waals surface area contributed by atoms with Crippen LogP contribution >= 0.6 is 7.82 Å². The molecule has 392 valence electrons. The van der Waals surface area contributed by atoms with E-state index in [2.05, 4.69) is 263 Å². The van der Waals surface area contributed by atoms with Crippen LogP contribution in [0.1, 0.15) is 211 Å². The molecule has 0 bridgehead atoms. The summed E-state index contributed by atoms with van der Waals surface area (Å²) in [4.78, 5) is 25.6. The monoisotopic (exact) mass is 1000 g/mol. The topological polar surface area (TPSA) is 86.2 Å². The molecule has 1 aliphatic carbocycles. The SMILES string of the molecule is CC(C)(C)c1ccc(-c2c3c(c(-c4ccc(C(C)(C)C)cc4C(C)(C)C)c(-c4ccc(C(C)(C)C)cc4C(C)(C)C)c2-c2ccc(C(C)(C)C)cc2C(C)(C)C)-c2ccccc2-3)c(C(C)(C)C)c1.O=P([O-])([O-])[O-]. The van der Waals surface area contributed by atoms with Crippen molar-refractivity contribution in [3.05, 3.63) is 142 Å². The van der Waals surface area contributed by atoms with E-state index >= 15 is 0 Å². The van der Waals surface area contributed by atoms with Gasteiger partial charge in [0.15, 0.2) is 0 Å². The van der Waals surface area contributed by atoms with Crippen LogP contribution in [0.5, 0.6) is 0 Å². The highest BCUT2D eigenvalue weighted by atomic mass is 31.2. The van der Waals surface area contributed by atoms with Crippen LogP contribution in [0.2, 0.25) is 0 Å². The molecule has 0 atom stereocenters. The Labute approximate surface area is 442 Å². The van der Waals surface area contributed by atoms with E-state index in [0.717, 1.165) is 0 Å². The molecule has 73 heavy (non-hydrogen) atoms. The Bertz CT molecular complexity index is 2910. The number of fused-ring (bicyclic) bond motifs is 4. The van der Waals surface area contributed by atoms with Crippen molar-refractivity contribution in [2.24, 2.45) is 0 Å². The van der Waals surface area contributed by atoms with Gasteiger partial charge < -0.3 is 19.2 Å². The normalized spacial score (nSPS) is 13.7. The maximum absolute atomic E-state index is 8.55. The van der Waals surface area contributed by atoms with E-state index in [-0.39, 0.29) is 43.3 Å². The molecule has 0 spiro atoms. The van der Waals surface area contributed by atoms with Gasteiger partial charge in [-0.3, -0.25) is 0 Å². The van der Waals surface area contributed by atoms with Gasteiger partial charge >= 0.3 is 0 Å². The Morgan fingerprint density at radius 1 is 0.260 bits per heavy atom. The van der Waals surface area contributed by atoms with Crippen LogP contribution in [0.25, 0.3) is 66.8 Å². The molecule has 6 aromatic carbocycles. The van der Waals surface area contributed by atoms with E-state index in [0.29, 0.717) is 0 Å². The Morgan fingerprint density at radius 3 is 0.575 bits per heavy atom. The third-order valence-corrected chi connectivity index (χ3v) is 14.8.